The average molecular weight is 350 g/mol. The third-order valence-corrected chi connectivity index (χ3v) is 4.63. The molecule has 2 heterocycles. The van der Waals surface area contributed by atoms with Crippen LogP contribution in [0.5, 0.6) is 0 Å². The third-order valence-electron chi connectivity index (χ3n) is 2.96. The minimum Gasteiger partial charge on any atom is -0.365 e. The second-order valence-electron chi connectivity index (χ2n) is 4.42. The molecule has 4 nitrogen and oxygen atoms in total. The fourth-order valence-corrected chi connectivity index (χ4v) is 3.40. The van der Waals surface area contributed by atoms with E-state index in [4.69, 9.17) is 28.9 Å². The maximum absolute atomic E-state index is 11.7. The van der Waals surface area contributed by atoms with E-state index < -0.39 is 5.91 Å². The Hall–Kier alpha value is -1.95. The Kier molecular flexibility index (Phi) is 4.11. The van der Waals surface area contributed by atoms with E-state index in [-0.39, 0.29) is 0 Å². The minimum absolute atomic E-state index is 0.357. The third kappa shape index (κ3) is 2.83. The molecule has 2 aromatic heterocycles. The van der Waals surface area contributed by atoms with Crippen LogP contribution in [0.15, 0.2) is 42.7 Å². The normalized spacial score (nSPS) is 10.6. The Bertz CT molecular complexity index is 849. The number of nitrogens with two attached hydrogens (primary N) is 1. The van der Waals surface area contributed by atoms with E-state index in [2.05, 4.69) is 9.97 Å². The number of carbonyl (C=O) groups excluding carboxylic acids is 1. The molecule has 0 saturated carbocycles. The highest BCUT2D eigenvalue weighted by Crippen LogP contribution is 2.37. The van der Waals surface area contributed by atoms with Gasteiger partial charge in [0.2, 0.25) is 0 Å². The van der Waals surface area contributed by atoms with Crippen molar-refractivity contribution < 1.29 is 4.79 Å². The summed E-state index contributed by atoms with van der Waals surface area (Å²) in [7, 11) is 0. The molecule has 0 aliphatic carbocycles. The van der Waals surface area contributed by atoms with Gasteiger partial charge in [-0.3, -0.25) is 9.78 Å². The van der Waals surface area contributed by atoms with Gasteiger partial charge in [0.05, 0.1) is 10.7 Å². The molecule has 7 heteroatoms. The number of amides is 1. The molecule has 0 aliphatic rings. The van der Waals surface area contributed by atoms with Crippen LogP contribution in [0.1, 0.15) is 9.67 Å². The first-order valence-electron chi connectivity index (χ1n) is 6.22. The van der Waals surface area contributed by atoms with E-state index in [1.165, 1.54) is 11.3 Å². The first-order valence-corrected chi connectivity index (χ1v) is 7.80. The monoisotopic (exact) mass is 349 g/mol. The van der Waals surface area contributed by atoms with Crippen molar-refractivity contribution in [2.24, 2.45) is 5.73 Å². The number of thiazole rings is 1. The molecule has 0 aliphatic heterocycles. The Labute approximate surface area is 140 Å². The van der Waals surface area contributed by atoms with Crippen molar-refractivity contribution in [3.05, 3.63) is 57.6 Å². The standard InChI is InChI=1S/C15H9Cl2N3OS/c16-9-1-2-10(11(17)7-9)12-13(14(18)21)22-15(20-12)8-3-5-19-6-4-8/h1-7H,(H2,18,21). The van der Waals surface area contributed by atoms with Gasteiger partial charge in [-0.1, -0.05) is 23.2 Å². The Morgan fingerprint density at radius 3 is 2.50 bits per heavy atom. The lowest BCUT2D eigenvalue weighted by atomic mass is 10.1. The molecular formula is C15H9Cl2N3OS. The van der Waals surface area contributed by atoms with Gasteiger partial charge in [0.1, 0.15) is 9.88 Å². The fourth-order valence-electron chi connectivity index (χ4n) is 1.97. The van der Waals surface area contributed by atoms with Crippen molar-refractivity contribution in [1.82, 2.24) is 9.97 Å². The number of rotatable bonds is 3. The lowest BCUT2D eigenvalue weighted by molar-refractivity contribution is 0.100. The van der Waals surface area contributed by atoms with Crippen LogP contribution >= 0.6 is 34.5 Å². The van der Waals surface area contributed by atoms with E-state index in [1.54, 1.807) is 30.6 Å². The van der Waals surface area contributed by atoms with Crippen molar-refractivity contribution in [2.45, 2.75) is 0 Å². The molecule has 0 bridgehead atoms. The minimum atomic E-state index is -0.543. The lowest BCUT2D eigenvalue weighted by Crippen LogP contribution is -2.10. The molecule has 0 spiro atoms. The average Bonchev–Trinajstić information content (AvgIpc) is 2.93. The number of hydrogen-bond acceptors (Lipinski definition) is 4. The molecule has 3 rings (SSSR count). The van der Waals surface area contributed by atoms with Gasteiger partial charge in [0, 0.05) is 28.5 Å². The van der Waals surface area contributed by atoms with Crippen LogP contribution in [0.3, 0.4) is 0 Å². The smallest absolute Gasteiger partial charge is 0.261 e. The predicted octanol–water partition coefficient (Wildman–Crippen LogP) is 4.28. The van der Waals surface area contributed by atoms with Crippen LogP contribution < -0.4 is 5.73 Å². The van der Waals surface area contributed by atoms with E-state index in [9.17, 15) is 4.79 Å². The zero-order valence-electron chi connectivity index (χ0n) is 11.1. The largest absolute Gasteiger partial charge is 0.365 e. The van der Waals surface area contributed by atoms with Gasteiger partial charge in [-0.05, 0) is 30.3 Å². The summed E-state index contributed by atoms with van der Waals surface area (Å²) in [5.41, 5.74) is 7.42. The van der Waals surface area contributed by atoms with Gasteiger partial charge in [-0.2, -0.15) is 0 Å². The number of aromatic nitrogens is 2. The Balaban J connectivity index is 2.18. The van der Waals surface area contributed by atoms with Crippen LogP contribution in [0.4, 0.5) is 0 Å². The van der Waals surface area contributed by atoms with Crippen LogP contribution in [0.25, 0.3) is 21.8 Å². The van der Waals surface area contributed by atoms with Gasteiger partial charge in [0.25, 0.3) is 5.91 Å². The quantitative estimate of drug-likeness (QED) is 0.767. The number of primary amides is 1. The highest BCUT2D eigenvalue weighted by atomic mass is 35.5. The first kappa shape index (κ1) is 15.0. The molecule has 2 N–H and O–H groups in total. The van der Waals surface area contributed by atoms with Crippen LogP contribution in [-0.4, -0.2) is 15.9 Å². The Morgan fingerprint density at radius 1 is 1.14 bits per heavy atom. The van der Waals surface area contributed by atoms with E-state index in [0.29, 0.717) is 31.2 Å². The number of carbonyl (C=O) groups is 1. The molecule has 0 atom stereocenters. The molecule has 0 unspecified atom stereocenters. The van der Waals surface area contributed by atoms with Crippen LogP contribution in [0.2, 0.25) is 10.0 Å². The molecule has 0 fully saturated rings. The summed E-state index contributed by atoms with van der Waals surface area (Å²) < 4.78 is 0. The van der Waals surface area contributed by atoms with Crippen molar-refractivity contribution in [1.29, 1.82) is 0 Å². The zero-order valence-corrected chi connectivity index (χ0v) is 13.4. The van der Waals surface area contributed by atoms with Gasteiger partial charge < -0.3 is 5.73 Å². The second-order valence-corrected chi connectivity index (χ2v) is 6.26. The molecule has 110 valence electrons. The second kappa shape index (κ2) is 6.04. The van der Waals surface area contributed by atoms with Gasteiger partial charge in [-0.25, -0.2) is 4.98 Å². The molecule has 1 amide bonds. The summed E-state index contributed by atoms with van der Waals surface area (Å²) in [6.45, 7) is 0. The summed E-state index contributed by atoms with van der Waals surface area (Å²) in [6, 6.07) is 8.66. The molecule has 0 radical (unpaired) electrons. The lowest BCUT2D eigenvalue weighted by Gasteiger charge is -2.03. The number of halogens is 2. The first-order chi connectivity index (χ1) is 10.6. The van der Waals surface area contributed by atoms with Crippen molar-refractivity contribution in [2.75, 3.05) is 0 Å². The Morgan fingerprint density at radius 2 is 1.86 bits per heavy atom. The van der Waals surface area contributed by atoms with E-state index in [1.807, 2.05) is 12.1 Å². The molecule has 0 saturated heterocycles. The highest BCUT2D eigenvalue weighted by molar-refractivity contribution is 7.17. The number of nitrogens with zero attached hydrogens (tertiary/aromatic N) is 2. The number of hydrogen-bond donors (Lipinski definition) is 1. The maximum Gasteiger partial charge on any atom is 0.261 e. The van der Waals surface area contributed by atoms with E-state index in [0.717, 1.165) is 5.56 Å². The van der Waals surface area contributed by atoms with Crippen LogP contribution in [-0.2, 0) is 0 Å². The number of pyridine rings is 1. The van der Waals surface area contributed by atoms with Gasteiger partial charge in [-0.15, -0.1) is 11.3 Å². The van der Waals surface area contributed by atoms with Crippen molar-refractivity contribution in [3.8, 4) is 21.8 Å². The van der Waals surface area contributed by atoms with Crippen molar-refractivity contribution >= 4 is 40.4 Å². The molecule has 1 aromatic carbocycles. The highest BCUT2D eigenvalue weighted by Gasteiger charge is 2.20. The zero-order chi connectivity index (χ0) is 15.7. The SMILES string of the molecule is NC(=O)c1sc(-c2ccncc2)nc1-c1ccc(Cl)cc1Cl. The summed E-state index contributed by atoms with van der Waals surface area (Å²) >= 11 is 13.3. The van der Waals surface area contributed by atoms with Crippen LogP contribution in [0, 0.1) is 0 Å². The predicted molar refractivity (Wildman–Crippen MR) is 89.3 cm³/mol. The van der Waals surface area contributed by atoms with Gasteiger partial charge in [0.15, 0.2) is 0 Å². The topological polar surface area (TPSA) is 68.9 Å². The molecule has 3 aromatic rings. The molecule has 22 heavy (non-hydrogen) atoms. The molecular weight excluding hydrogens is 341 g/mol. The summed E-state index contributed by atoms with van der Waals surface area (Å²) in [6.07, 6.45) is 3.32. The maximum atomic E-state index is 11.7. The fraction of sp³-hybridized carbons (Fsp3) is 0. The summed E-state index contributed by atoms with van der Waals surface area (Å²) in [4.78, 5) is 20.6. The van der Waals surface area contributed by atoms with E-state index >= 15 is 0 Å². The summed E-state index contributed by atoms with van der Waals surface area (Å²) in [5.74, 6) is -0.543. The summed E-state index contributed by atoms with van der Waals surface area (Å²) in [5, 5.41) is 1.61. The van der Waals surface area contributed by atoms with Gasteiger partial charge >= 0.3 is 0 Å². The number of benzene rings is 1. The van der Waals surface area contributed by atoms with Crippen molar-refractivity contribution in [3.63, 3.8) is 0 Å².